The van der Waals surface area contributed by atoms with Gasteiger partial charge in [0.2, 0.25) is 5.89 Å². The lowest BCUT2D eigenvalue weighted by Crippen LogP contribution is -2.48. The smallest absolute Gasteiger partial charge is 0.318 e. The van der Waals surface area contributed by atoms with E-state index in [1.807, 2.05) is 63.2 Å². The highest BCUT2D eigenvalue weighted by atomic mass is 16.4. The maximum atomic E-state index is 12.7. The van der Waals surface area contributed by atoms with E-state index in [1.165, 1.54) is 0 Å². The van der Waals surface area contributed by atoms with Crippen LogP contribution in [-0.2, 0) is 0 Å². The summed E-state index contributed by atoms with van der Waals surface area (Å²) in [5.41, 5.74) is 1.75. The van der Waals surface area contributed by atoms with Crippen molar-refractivity contribution < 1.29 is 9.21 Å². The lowest BCUT2D eigenvalue weighted by molar-refractivity contribution is 0.0745. The average Bonchev–Trinajstić information content (AvgIpc) is 3.33. The van der Waals surface area contributed by atoms with E-state index in [2.05, 4.69) is 10.2 Å². The standard InChI is InChI=1S/C18H19N5O2/c1-14-19-20-18(25-14)23-12-10-22(11-13-23)17(24)15-4-6-16(7-5-15)21-8-2-3-9-21/h2-9H,10-13H2,1H3. The van der Waals surface area contributed by atoms with E-state index >= 15 is 0 Å². The molecule has 3 heterocycles. The van der Waals surface area contributed by atoms with Crippen molar-refractivity contribution in [1.82, 2.24) is 19.7 Å². The van der Waals surface area contributed by atoms with Crippen LogP contribution in [0.1, 0.15) is 16.2 Å². The zero-order valence-corrected chi connectivity index (χ0v) is 14.0. The van der Waals surface area contributed by atoms with E-state index in [9.17, 15) is 4.79 Å². The third kappa shape index (κ3) is 3.13. The normalized spacial score (nSPS) is 14.8. The highest BCUT2D eigenvalue weighted by molar-refractivity contribution is 5.94. The Balaban J connectivity index is 1.40. The van der Waals surface area contributed by atoms with Crippen LogP contribution in [0.25, 0.3) is 5.69 Å². The summed E-state index contributed by atoms with van der Waals surface area (Å²) in [5, 5.41) is 7.89. The minimum absolute atomic E-state index is 0.0559. The second kappa shape index (κ2) is 6.43. The van der Waals surface area contributed by atoms with E-state index in [0.717, 1.165) is 5.69 Å². The Kier molecular flexibility index (Phi) is 3.97. The zero-order chi connectivity index (χ0) is 17.2. The Morgan fingerprint density at radius 1 is 1.00 bits per heavy atom. The van der Waals surface area contributed by atoms with Crippen LogP contribution < -0.4 is 4.90 Å². The number of anilines is 1. The predicted molar refractivity (Wildman–Crippen MR) is 92.9 cm³/mol. The molecule has 128 valence electrons. The van der Waals surface area contributed by atoms with Gasteiger partial charge in [-0.3, -0.25) is 4.79 Å². The number of carbonyl (C=O) groups excluding carboxylic acids is 1. The van der Waals surface area contributed by atoms with E-state index in [-0.39, 0.29) is 5.91 Å². The van der Waals surface area contributed by atoms with Gasteiger partial charge in [0, 0.05) is 56.7 Å². The SMILES string of the molecule is Cc1nnc(N2CCN(C(=O)c3ccc(-n4cccc4)cc3)CC2)o1. The molecule has 1 fully saturated rings. The van der Waals surface area contributed by atoms with Crippen molar-refractivity contribution >= 4 is 11.9 Å². The maximum absolute atomic E-state index is 12.7. The van der Waals surface area contributed by atoms with E-state index in [1.54, 1.807) is 6.92 Å². The summed E-state index contributed by atoms with van der Waals surface area (Å²) < 4.78 is 7.46. The second-order valence-electron chi connectivity index (χ2n) is 6.02. The molecule has 1 aliphatic rings. The molecule has 4 rings (SSSR count). The van der Waals surface area contributed by atoms with Gasteiger partial charge < -0.3 is 18.8 Å². The number of aryl methyl sites for hydroxylation is 1. The molecule has 0 atom stereocenters. The molecule has 1 saturated heterocycles. The van der Waals surface area contributed by atoms with Crippen LogP contribution in [0, 0.1) is 6.92 Å². The van der Waals surface area contributed by atoms with Crippen LogP contribution in [0.3, 0.4) is 0 Å². The Hall–Kier alpha value is -3.09. The van der Waals surface area contributed by atoms with Gasteiger partial charge in [0.1, 0.15) is 0 Å². The summed E-state index contributed by atoms with van der Waals surface area (Å²) in [7, 11) is 0. The Labute approximate surface area is 145 Å². The number of piperazine rings is 1. The highest BCUT2D eigenvalue weighted by Crippen LogP contribution is 2.17. The van der Waals surface area contributed by atoms with Gasteiger partial charge in [0.05, 0.1) is 0 Å². The van der Waals surface area contributed by atoms with E-state index in [4.69, 9.17) is 4.42 Å². The van der Waals surface area contributed by atoms with Crippen molar-refractivity contribution in [1.29, 1.82) is 0 Å². The van der Waals surface area contributed by atoms with Crippen molar-refractivity contribution in [2.24, 2.45) is 0 Å². The number of hydrogen-bond acceptors (Lipinski definition) is 5. The lowest BCUT2D eigenvalue weighted by atomic mass is 10.1. The van der Waals surface area contributed by atoms with Crippen LogP contribution in [0.15, 0.2) is 53.2 Å². The molecule has 0 N–H and O–H groups in total. The molecule has 1 aliphatic heterocycles. The molecule has 25 heavy (non-hydrogen) atoms. The first-order valence-electron chi connectivity index (χ1n) is 8.28. The molecule has 0 aliphatic carbocycles. The molecule has 1 aromatic carbocycles. The second-order valence-corrected chi connectivity index (χ2v) is 6.02. The topological polar surface area (TPSA) is 67.4 Å². The molecule has 0 unspecified atom stereocenters. The monoisotopic (exact) mass is 337 g/mol. The molecule has 2 aromatic heterocycles. The Bertz CT molecular complexity index is 846. The quantitative estimate of drug-likeness (QED) is 0.732. The van der Waals surface area contributed by atoms with Crippen molar-refractivity contribution in [3.8, 4) is 5.69 Å². The molecular weight excluding hydrogens is 318 g/mol. The number of amides is 1. The van der Waals surface area contributed by atoms with Crippen molar-refractivity contribution in [3.63, 3.8) is 0 Å². The molecule has 1 amide bonds. The number of benzene rings is 1. The summed E-state index contributed by atoms with van der Waals surface area (Å²) in [5.74, 6) is 0.608. The largest absolute Gasteiger partial charge is 0.408 e. The van der Waals surface area contributed by atoms with Crippen molar-refractivity contribution in [3.05, 3.63) is 60.2 Å². The van der Waals surface area contributed by atoms with Crippen molar-refractivity contribution in [2.45, 2.75) is 6.92 Å². The van der Waals surface area contributed by atoms with Crippen LogP contribution in [-0.4, -0.2) is 51.8 Å². The number of carbonyl (C=O) groups is 1. The minimum Gasteiger partial charge on any atom is -0.408 e. The third-order valence-electron chi connectivity index (χ3n) is 4.37. The van der Waals surface area contributed by atoms with Gasteiger partial charge >= 0.3 is 6.01 Å². The Morgan fingerprint density at radius 3 is 2.28 bits per heavy atom. The molecule has 0 spiro atoms. The van der Waals surface area contributed by atoms with Gasteiger partial charge in [-0.05, 0) is 36.4 Å². The van der Waals surface area contributed by atoms with Crippen LogP contribution in [0.5, 0.6) is 0 Å². The zero-order valence-electron chi connectivity index (χ0n) is 14.0. The highest BCUT2D eigenvalue weighted by Gasteiger charge is 2.24. The van der Waals surface area contributed by atoms with E-state index < -0.39 is 0 Å². The molecule has 0 bridgehead atoms. The summed E-state index contributed by atoms with van der Waals surface area (Å²) in [6.07, 6.45) is 3.96. The fraction of sp³-hybridized carbons (Fsp3) is 0.278. The summed E-state index contributed by atoms with van der Waals surface area (Å²) in [4.78, 5) is 16.6. The minimum atomic E-state index is 0.0559. The fourth-order valence-electron chi connectivity index (χ4n) is 2.98. The number of hydrogen-bond donors (Lipinski definition) is 0. The predicted octanol–water partition coefficient (Wildman–Crippen LogP) is 2.13. The molecule has 7 nitrogen and oxygen atoms in total. The van der Waals surface area contributed by atoms with Crippen molar-refractivity contribution in [2.75, 3.05) is 31.1 Å². The first-order valence-corrected chi connectivity index (χ1v) is 8.28. The van der Waals surface area contributed by atoms with Gasteiger partial charge in [-0.15, -0.1) is 5.10 Å². The summed E-state index contributed by atoms with van der Waals surface area (Å²) >= 11 is 0. The first-order chi connectivity index (χ1) is 12.2. The first kappa shape index (κ1) is 15.4. The maximum Gasteiger partial charge on any atom is 0.318 e. The van der Waals surface area contributed by atoms with Crippen LogP contribution in [0.4, 0.5) is 6.01 Å². The summed E-state index contributed by atoms with van der Waals surface area (Å²) in [6, 6.07) is 12.2. The fourth-order valence-corrected chi connectivity index (χ4v) is 2.98. The number of nitrogens with zero attached hydrogens (tertiary/aromatic N) is 5. The number of aromatic nitrogens is 3. The molecular formula is C18H19N5O2. The van der Waals surface area contributed by atoms with Gasteiger partial charge in [-0.2, -0.15) is 0 Å². The van der Waals surface area contributed by atoms with Gasteiger partial charge in [0.25, 0.3) is 5.91 Å². The Morgan fingerprint density at radius 2 is 1.68 bits per heavy atom. The number of rotatable bonds is 3. The van der Waals surface area contributed by atoms with E-state index in [0.29, 0.717) is 43.6 Å². The van der Waals surface area contributed by atoms with Crippen LogP contribution in [0.2, 0.25) is 0 Å². The molecule has 0 saturated carbocycles. The van der Waals surface area contributed by atoms with Gasteiger partial charge in [-0.1, -0.05) is 5.10 Å². The lowest BCUT2D eigenvalue weighted by Gasteiger charge is -2.33. The van der Waals surface area contributed by atoms with Gasteiger partial charge in [0.15, 0.2) is 0 Å². The molecule has 0 radical (unpaired) electrons. The molecule has 7 heteroatoms. The van der Waals surface area contributed by atoms with Gasteiger partial charge in [-0.25, -0.2) is 0 Å². The average molecular weight is 337 g/mol. The third-order valence-corrected chi connectivity index (χ3v) is 4.37. The molecule has 3 aromatic rings. The van der Waals surface area contributed by atoms with Crippen LogP contribution >= 0.6 is 0 Å². The summed E-state index contributed by atoms with van der Waals surface area (Å²) in [6.45, 7) is 4.43.